The summed E-state index contributed by atoms with van der Waals surface area (Å²) in [6, 6.07) is 0. The molecule has 0 bridgehead atoms. The summed E-state index contributed by atoms with van der Waals surface area (Å²) in [6.07, 6.45) is -47.1. The summed E-state index contributed by atoms with van der Waals surface area (Å²) >= 11 is 0. The molecule has 0 saturated carbocycles. The van der Waals surface area contributed by atoms with Crippen molar-refractivity contribution >= 4 is 29.1 Å². The molecule has 0 heterocycles. The van der Waals surface area contributed by atoms with Gasteiger partial charge in [0.2, 0.25) is 0 Å². The molecule has 0 fully saturated rings. The van der Waals surface area contributed by atoms with Crippen LogP contribution in [0.25, 0.3) is 0 Å². The van der Waals surface area contributed by atoms with Crippen LogP contribution in [0.2, 0.25) is 0 Å². The molecule has 0 rings (SSSR count). The van der Waals surface area contributed by atoms with Crippen LogP contribution in [0.5, 0.6) is 0 Å². The van der Waals surface area contributed by atoms with Crippen LogP contribution in [-0.2, 0) is 0 Å². The third-order valence-electron chi connectivity index (χ3n) is 5.41. The molecule has 0 radical (unpaired) electrons. The first-order valence-electron chi connectivity index (χ1n) is 13.2. The van der Waals surface area contributed by atoms with Crippen LogP contribution < -0.4 is 15.1 Å². The van der Waals surface area contributed by atoms with Gasteiger partial charge < -0.3 is 15.1 Å². The van der Waals surface area contributed by atoms with E-state index < -0.39 is 169 Å². The standard InChI is InChI=1S/3C8F12P.BO3/c3*9-1(10)5(17)21(6(18)2(11)12,7(19)3(13)14)8(20)4(15)16;2-1(3)4/q3*+1;-3. The molecular formula is C24BF36O3P3. The monoisotopic (exact) mass is 1120 g/mol. The van der Waals surface area contributed by atoms with Gasteiger partial charge in [0, 0.05) is 0 Å². The second-order valence-electron chi connectivity index (χ2n) is 8.92. The Hall–Kier alpha value is -4.41. The number of hydrogen-bond donors (Lipinski definition) is 0. The summed E-state index contributed by atoms with van der Waals surface area (Å²) in [6.45, 7) is 0. The average Bonchev–Trinajstić information content (AvgIpc) is 3.20. The van der Waals surface area contributed by atoms with Crippen LogP contribution in [0, 0.1) is 0 Å². The van der Waals surface area contributed by atoms with E-state index in [-0.39, 0.29) is 0 Å². The van der Waals surface area contributed by atoms with Gasteiger partial charge in [-0.25, -0.2) is 0 Å². The van der Waals surface area contributed by atoms with Crippen LogP contribution >= 0.6 is 21.8 Å². The van der Waals surface area contributed by atoms with Gasteiger partial charge in [-0.05, 0) is 0 Å². The summed E-state index contributed by atoms with van der Waals surface area (Å²) in [5, 5.41) is 25.2. The van der Waals surface area contributed by atoms with Crippen LogP contribution in [-0.4, -0.2) is 7.32 Å². The molecule has 0 aromatic rings. The molecule has 67 heavy (non-hydrogen) atoms. The van der Waals surface area contributed by atoms with E-state index in [4.69, 9.17) is 15.1 Å². The minimum absolute atomic E-state index is 2.92. The van der Waals surface area contributed by atoms with Crippen LogP contribution in [0.1, 0.15) is 0 Å². The summed E-state index contributed by atoms with van der Waals surface area (Å²) < 4.78 is 445. The van der Waals surface area contributed by atoms with Gasteiger partial charge in [-0.1, -0.05) is 0 Å². The maximum atomic E-state index is 13.0. The lowest BCUT2D eigenvalue weighted by atomic mass is 10.3. The summed E-state index contributed by atoms with van der Waals surface area (Å²) in [4.78, 5) is 0. The van der Waals surface area contributed by atoms with Crippen molar-refractivity contribution in [3.8, 4) is 0 Å². The van der Waals surface area contributed by atoms with Crippen LogP contribution in [0.3, 0.4) is 0 Å². The quantitative estimate of drug-likeness (QED) is 0.111. The van der Waals surface area contributed by atoms with Gasteiger partial charge in [0.05, 0.1) is 0 Å². The second-order valence-corrected chi connectivity index (χ2v) is 17.7. The first-order chi connectivity index (χ1) is 30.0. The highest BCUT2D eigenvalue weighted by atomic mass is 31.2. The zero-order valence-electron chi connectivity index (χ0n) is 28.8. The van der Waals surface area contributed by atoms with E-state index in [1.807, 2.05) is 0 Å². The van der Waals surface area contributed by atoms with Gasteiger partial charge in [0.15, 0.2) is 0 Å². The third-order valence-corrected chi connectivity index (χ3v) is 14.5. The number of rotatable bonds is 12. The van der Waals surface area contributed by atoms with E-state index >= 15 is 0 Å². The lowest BCUT2D eigenvalue weighted by Gasteiger charge is -2.35. The Kier molecular flexibility index (Phi) is 29.7. The lowest BCUT2D eigenvalue weighted by molar-refractivity contribution is -0.479. The molecule has 0 N–H and O–H groups in total. The third kappa shape index (κ3) is 16.4. The molecule has 384 valence electrons. The van der Waals surface area contributed by atoms with Gasteiger partial charge in [0.1, 0.15) is 0 Å². The molecule has 0 aliphatic heterocycles. The first kappa shape index (κ1) is 69.2. The first-order valence-corrected chi connectivity index (χ1v) is 18.6. The Morgan fingerprint density at radius 1 is 0.164 bits per heavy atom. The Labute approximate surface area is 342 Å². The fourth-order valence-electron chi connectivity index (χ4n) is 3.07. The zero-order chi connectivity index (χ0) is 54.9. The molecule has 43 heteroatoms. The summed E-state index contributed by atoms with van der Waals surface area (Å²) in [5.41, 5.74) is -45.8. The Morgan fingerprint density at radius 3 is 0.239 bits per heavy atom. The predicted octanol–water partition coefficient (Wildman–Crippen LogP) is 17.5. The summed E-state index contributed by atoms with van der Waals surface area (Å²) in [7, 11) is -24.6. The molecule has 0 saturated heterocycles. The van der Waals surface area contributed by atoms with E-state index in [0.29, 0.717) is 0 Å². The SMILES string of the molecule is FC(F)=C(F)[P+](C(F)=C(F)F)(C(F)=C(F)F)C(F)=C(F)F.FC(F)=C(F)[P+](C(F)=C(F)F)(C(F)=C(F)F)C(F)=C(F)F.FC(F)=C(F)[P+](C(F)=C(F)F)(C(F)=C(F)F)C(F)=C(F)F.[O-]B([O-])[O-]. The highest BCUT2D eigenvalue weighted by Crippen LogP contribution is 2.88. The highest BCUT2D eigenvalue weighted by molar-refractivity contribution is 7.90. The Morgan fingerprint density at radius 2 is 0.209 bits per heavy atom. The van der Waals surface area contributed by atoms with Gasteiger partial charge in [-0.3, -0.25) is 7.32 Å². The van der Waals surface area contributed by atoms with Crippen molar-refractivity contribution in [2.75, 3.05) is 0 Å². The van der Waals surface area contributed by atoms with E-state index in [1.54, 1.807) is 0 Å². The van der Waals surface area contributed by atoms with Crippen molar-refractivity contribution in [3.63, 3.8) is 0 Å². The Balaban J connectivity index is -0.000000426. The van der Waals surface area contributed by atoms with Crippen molar-refractivity contribution in [2.24, 2.45) is 0 Å². The van der Waals surface area contributed by atoms with Crippen molar-refractivity contribution in [1.29, 1.82) is 0 Å². The van der Waals surface area contributed by atoms with Gasteiger partial charge in [-0.15, -0.1) is 0 Å². The normalized spacial score (nSPS) is 10.6. The van der Waals surface area contributed by atoms with Crippen LogP contribution in [0.15, 0.2) is 140 Å². The lowest BCUT2D eigenvalue weighted by Crippen LogP contribution is -2.56. The second kappa shape index (κ2) is 28.8. The topological polar surface area (TPSA) is 69.2 Å². The van der Waals surface area contributed by atoms with E-state index in [9.17, 15) is 158 Å². The number of hydrogen-bond acceptors (Lipinski definition) is 3. The van der Waals surface area contributed by atoms with Crippen molar-refractivity contribution in [1.82, 2.24) is 0 Å². The molecule has 0 amide bonds. The van der Waals surface area contributed by atoms with Gasteiger partial charge in [0.25, 0.3) is 21.8 Å². The molecular weight excluding hydrogens is 1120 g/mol. The van der Waals surface area contributed by atoms with Gasteiger partial charge >= 0.3 is 140 Å². The van der Waals surface area contributed by atoms with E-state index in [0.717, 1.165) is 0 Å². The van der Waals surface area contributed by atoms with Crippen molar-refractivity contribution < 1.29 is 173 Å². The minimum Gasteiger partial charge on any atom is -0.907 e. The van der Waals surface area contributed by atoms with Crippen LogP contribution in [0.4, 0.5) is 158 Å². The molecule has 3 nitrogen and oxygen atoms in total. The zero-order valence-corrected chi connectivity index (χ0v) is 31.4. The molecule has 0 aliphatic carbocycles. The molecule has 0 aromatic heterocycles. The average molecular weight is 1120 g/mol. The predicted molar refractivity (Wildman–Crippen MR) is 151 cm³/mol. The molecule has 0 spiro atoms. The Bertz CT molecular complexity index is 1620. The number of halogens is 36. The molecule has 0 aliphatic rings. The van der Waals surface area contributed by atoms with Crippen molar-refractivity contribution in [2.45, 2.75) is 0 Å². The fourth-order valence-corrected chi connectivity index (χ4v) is 9.22. The molecule has 0 aromatic carbocycles. The van der Waals surface area contributed by atoms with Gasteiger partial charge in [-0.2, -0.15) is 158 Å². The van der Waals surface area contributed by atoms with E-state index in [2.05, 4.69) is 0 Å². The minimum atomic E-state index is -7.23. The highest BCUT2D eigenvalue weighted by Gasteiger charge is 2.70. The van der Waals surface area contributed by atoms with E-state index in [1.165, 1.54) is 0 Å². The summed E-state index contributed by atoms with van der Waals surface area (Å²) in [5.74, 6) is 0. The van der Waals surface area contributed by atoms with Crippen molar-refractivity contribution in [3.05, 3.63) is 140 Å². The largest absolute Gasteiger partial charge is 0.907 e. The molecule has 0 atom stereocenters. The smallest absolute Gasteiger partial charge is 0.342 e. The maximum Gasteiger partial charge on any atom is 0.342 e. The maximum absolute atomic E-state index is 13.0. The fraction of sp³-hybridized carbons (Fsp3) is 0. The molecule has 0 unspecified atom stereocenters.